The third-order valence-electron chi connectivity index (χ3n) is 5.12. The molecule has 1 N–H and O–H groups in total. The van der Waals surface area contributed by atoms with Crippen molar-refractivity contribution in [2.24, 2.45) is 5.41 Å². The number of nitrogens with zero attached hydrogens (tertiary/aromatic N) is 1. The summed E-state index contributed by atoms with van der Waals surface area (Å²) in [6.45, 7) is 5.94. The summed E-state index contributed by atoms with van der Waals surface area (Å²) in [6.07, 6.45) is 2.29. The van der Waals surface area contributed by atoms with Crippen LogP contribution >= 0.6 is 31.9 Å². The maximum absolute atomic E-state index is 12.9. The quantitative estimate of drug-likeness (QED) is 0.345. The second kappa shape index (κ2) is 6.97. The number of halogens is 2. The zero-order valence-corrected chi connectivity index (χ0v) is 18.8. The highest BCUT2D eigenvalue weighted by Gasteiger charge is 2.37. The van der Waals surface area contributed by atoms with Crippen molar-refractivity contribution in [3.63, 3.8) is 0 Å². The first kappa shape index (κ1) is 19.6. The number of rotatable bonds is 2. The summed E-state index contributed by atoms with van der Waals surface area (Å²) in [4.78, 5) is 17.3. The predicted molar refractivity (Wildman–Crippen MR) is 113 cm³/mol. The number of hydrogen-bond acceptors (Lipinski definition) is 5. The monoisotopic (exact) mass is 507 g/mol. The van der Waals surface area contributed by atoms with Crippen molar-refractivity contribution in [3.8, 4) is 5.75 Å². The summed E-state index contributed by atoms with van der Waals surface area (Å²) in [6, 6.07) is 5.53. The smallest absolute Gasteiger partial charge is 0.380 e. The Kier molecular flexibility index (Phi) is 4.88. The molecule has 0 amide bonds. The Bertz CT molecular complexity index is 1100. The lowest BCUT2D eigenvalue weighted by Crippen LogP contribution is -2.24. The molecule has 28 heavy (non-hydrogen) atoms. The normalized spacial score (nSPS) is 18.1. The molecule has 1 aliphatic rings. The Hall–Kier alpha value is -1.70. The molecule has 2 aromatic heterocycles. The van der Waals surface area contributed by atoms with Gasteiger partial charge in [0, 0.05) is 33.6 Å². The molecule has 2 heterocycles. The van der Waals surface area contributed by atoms with E-state index in [0.29, 0.717) is 45.5 Å². The SMILES string of the molecule is Cc1c(C(=O)Oc2c(Br)cc(Br)c3cccnc23)oc2c1C(O)CC(C)(C)C2. The Morgan fingerprint density at radius 3 is 2.86 bits per heavy atom. The lowest BCUT2D eigenvalue weighted by atomic mass is 9.75. The van der Waals surface area contributed by atoms with Gasteiger partial charge in [0.25, 0.3) is 0 Å². The zero-order chi connectivity index (χ0) is 20.2. The number of aliphatic hydroxyl groups is 1. The molecule has 0 radical (unpaired) electrons. The highest BCUT2D eigenvalue weighted by molar-refractivity contribution is 9.11. The minimum absolute atomic E-state index is 0.0905. The number of carbonyl (C=O) groups is 1. The van der Waals surface area contributed by atoms with E-state index in [1.54, 1.807) is 13.1 Å². The molecule has 7 heteroatoms. The fourth-order valence-corrected chi connectivity index (χ4v) is 5.22. The molecule has 1 aliphatic carbocycles. The van der Waals surface area contributed by atoms with Crippen LogP contribution in [0, 0.1) is 12.3 Å². The van der Waals surface area contributed by atoms with Crippen molar-refractivity contribution in [1.29, 1.82) is 0 Å². The van der Waals surface area contributed by atoms with Gasteiger partial charge in [0.2, 0.25) is 5.76 Å². The number of aliphatic hydroxyl groups excluding tert-OH is 1. The first-order valence-electron chi connectivity index (χ1n) is 8.93. The molecule has 0 aliphatic heterocycles. The summed E-state index contributed by atoms with van der Waals surface area (Å²) < 4.78 is 13.0. The number of aromatic nitrogens is 1. The van der Waals surface area contributed by atoms with Crippen LogP contribution in [0.1, 0.15) is 53.8 Å². The first-order valence-corrected chi connectivity index (χ1v) is 10.5. The minimum Gasteiger partial charge on any atom is -0.453 e. The predicted octanol–water partition coefficient (Wildman–Crippen LogP) is 5.89. The van der Waals surface area contributed by atoms with Gasteiger partial charge in [-0.25, -0.2) is 4.79 Å². The van der Waals surface area contributed by atoms with Gasteiger partial charge < -0.3 is 14.3 Å². The highest BCUT2D eigenvalue weighted by Crippen LogP contribution is 2.44. The van der Waals surface area contributed by atoms with Gasteiger partial charge in [-0.15, -0.1) is 0 Å². The molecule has 1 atom stereocenters. The average Bonchev–Trinajstić information content (AvgIpc) is 2.93. The molecule has 0 saturated heterocycles. The fraction of sp³-hybridized carbons (Fsp3) is 0.333. The lowest BCUT2D eigenvalue weighted by molar-refractivity contribution is 0.0691. The zero-order valence-electron chi connectivity index (χ0n) is 15.7. The number of benzene rings is 1. The molecule has 0 saturated carbocycles. The van der Waals surface area contributed by atoms with Crippen molar-refractivity contribution in [2.45, 2.75) is 39.7 Å². The summed E-state index contributed by atoms with van der Waals surface area (Å²) in [5, 5.41) is 11.4. The van der Waals surface area contributed by atoms with Gasteiger partial charge in [-0.3, -0.25) is 4.98 Å². The van der Waals surface area contributed by atoms with Crippen LogP contribution in [0.2, 0.25) is 0 Å². The van der Waals surface area contributed by atoms with Crippen molar-refractivity contribution < 1.29 is 19.1 Å². The van der Waals surface area contributed by atoms with Crippen LogP contribution in [0.25, 0.3) is 10.9 Å². The van der Waals surface area contributed by atoms with E-state index in [0.717, 1.165) is 9.86 Å². The molecule has 0 spiro atoms. The van der Waals surface area contributed by atoms with E-state index < -0.39 is 12.1 Å². The third-order valence-corrected chi connectivity index (χ3v) is 6.36. The van der Waals surface area contributed by atoms with Crippen molar-refractivity contribution in [1.82, 2.24) is 4.98 Å². The molecule has 0 bridgehead atoms. The topological polar surface area (TPSA) is 72.6 Å². The van der Waals surface area contributed by atoms with Crippen molar-refractivity contribution in [3.05, 3.63) is 56.0 Å². The molecule has 1 unspecified atom stereocenters. The second-order valence-corrected chi connectivity index (χ2v) is 9.62. The van der Waals surface area contributed by atoms with Crippen LogP contribution in [0.4, 0.5) is 0 Å². The van der Waals surface area contributed by atoms with E-state index in [1.165, 1.54) is 0 Å². The maximum Gasteiger partial charge on any atom is 0.380 e. The van der Waals surface area contributed by atoms with Gasteiger partial charge in [-0.2, -0.15) is 0 Å². The van der Waals surface area contributed by atoms with Gasteiger partial charge in [-0.1, -0.05) is 35.8 Å². The highest BCUT2D eigenvalue weighted by atomic mass is 79.9. The molecular formula is C21H19Br2NO4. The second-order valence-electron chi connectivity index (χ2n) is 7.91. The third kappa shape index (κ3) is 3.29. The molecule has 146 valence electrons. The van der Waals surface area contributed by atoms with E-state index in [4.69, 9.17) is 9.15 Å². The van der Waals surface area contributed by atoms with Crippen LogP contribution in [0.15, 0.2) is 37.8 Å². The summed E-state index contributed by atoms with van der Waals surface area (Å²) in [5.41, 5.74) is 1.82. The number of ether oxygens (including phenoxy) is 1. The number of carbonyl (C=O) groups excluding carboxylic acids is 1. The fourth-order valence-electron chi connectivity index (χ4n) is 3.86. The lowest BCUT2D eigenvalue weighted by Gasteiger charge is -2.31. The van der Waals surface area contributed by atoms with Gasteiger partial charge in [0.1, 0.15) is 11.3 Å². The summed E-state index contributed by atoms with van der Waals surface area (Å²) in [7, 11) is 0. The van der Waals surface area contributed by atoms with Crippen LogP contribution in [-0.4, -0.2) is 16.1 Å². The van der Waals surface area contributed by atoms with Crippen LogP contribution in [0.3, 0.4) is 0 Å². The Labute approximate surface area is 179 Å². The molecule has 1 aromatic carbocycles. The van der Waals surface area contributed by atoms with Crippen LogP contribution in [0.5, 0.6) is 5.75 Å². The number of pyridine rings is 1. The van der Waals surface area contributed by atoms with Crippen molar-refractivity contribution >= 4 is 48.7 Å². The minimum atomic E-state index is -0.647. The van der Waals surface area contributed by atoms with Crippen LogP contribution in [-0.2, 0) is 6.42 Å². The standard InChI is InChI=1S/C21H19Br2NO4/c1-10-16-14(25)8-21(2,3)9-15(16)27-18(10)20(26)28-19-13(23)7-12(22)11-5-4-6-24-17(11)19/h4-7,14,25H,8-9H2,1-3H3. The Balaban J connectivity index is 1.75. The van der Waals surface area contributed by atoms with Crippen molar-refractivity contribution in [2.75, 3.05) is 0 Å². The molecular weight excluding hydrogens is 490 g/mol. The van der Waals surface area contributed by atoms with E-state index in [1.807, 2.05) is 18.2 Å². The van der Waals surface area contributed by atoms with Gasteiger partial charge in [0.15, 0.2) is 5.75 Å². The first-order chi connectivity index (χ1) is 13.2. The molecule has 4 rings (SSSR count). The Morgan fingerprint density at radius 1 is 1.36 bits per heavy atom. The van der Waals surface area contributed by atoms with E-state index >= 15 is 0 Å². The number of furan rings is 1. The number of hydrogen-bond donors (Lipinski definition) is 1. The summed E-state index contributed by atoms with van der Waals surface area (Å²) >= 11 is 6.95. The summed E-state index contributed by atoms with van der Waals surface area (Å²) in [5.74, 6) is 0.511. The maximum atomic E-state index is 12.9. The Morgan fingerprint density at radius 2 is 2.11 bits per heavy atom. The van der Waals surface area contributed by atoms with Gasteiger partial charge >= 0.3 is 5.97 Å². The van der Waals surface area contributed by atoms with E-state index in [9.17, 15) is 9.90 Å². The molecule has 3 aromatic rings. The number of fused-ring (bicyclic) bond motifs is 2. The van der Waals surface area contributed by atoms with Crippen LogP contribution < -0.4 is 4.74 Å². The van der Waals surface area contributed by atoms with Gasteiger partial charge in [0.05, 0.1) is 10.6 Å². The average molecular weight is 509 g/mol. The molecule has 0 fully saturated rings. The number of esters is 1. The molecule has 5 nitrogen and oxygen atoms in total. The van der Waals surface area contributed by atoms with E-state index in [2.05, 4.69) is 50.7 Å². The van der Waals surface area contributed by atoms with Gasteiger partial charge in [-0.05, 0) is 46.8 Å². The van der Waals surface area contributed by atoms with E-state index in [-0.39, 0.29) is 11.2 Å². The largest absolute Gasteiger partial charge is 0.453 e.